The maximum Gasteiger partial charge on any atom is 0.283 e. The molecule has 0 fully saturated rings. The fourth-order valence-corrected chi connectivity index (χ4v) is 4.89. The van der Waals surface area contributed by atoms with Crippen molar-refractivity contribution in [2.75, 3.05) is 0 Å². The average molecular weight is 393 g/mol. The minimum atomic E-state index is -3.75. The molecule has 0 atom stereocenters. The lowest BCUT2D eigenvalue weighted by Gasteiger charge is -2.07. The zero-order chi connectivity index (χ0) is 18.2. The van der Waals surface area contributed by atoms with Crippen LogP contribution in [0, 0.1) is 20.8 Å². The Kier molecular flexibility index (Phi) is 4.95. The Labute approximate surface area is 156 Å². The summed E-state index contributed by atoms with van der Waals surface area (Å²) in [5, 5.41) is 4.76. The summed E-state index contributed by atoms with van der Waals surface area (Å²) in [5.41, 5.74) is 2.46. The van der Waals surface area contributed by atoms with Gasteiger partial charge in [-0.15, -0.1) is 0 Å². The van der Waals surface area contributed by atoms with Crippen LogP contribution < -0.4 is 0 Å². The van der Waals surface area contributed by atoms with Gasteiger partial charge >= 0.3 is 0 Å². The Morgan fingerprint density at radius 3 is 2.16 bits per heavy atom. The van der Waals surface area contributed by atoms with Crippen LogP contribution in [0.25, 0.3) is 0 Å². The van der Waals surface area contributed by atoms with Crippen LogP contribution in [0.2, 0.25) is 5.02 Å². The topological polar surface area (TPSA) is 52.0 Å². The molecule has 1 aromatic heterocycles. The monoisotopic (exact) mass is 392 g/mol. The van der Waals surface area contributed by atoms with Crippen molar-refractivity contribution in [3.63, 3.8) is 0 Å². The lowest BCUT2D eigenvalue weighted by atomic mass is 10.2. The molecule has 2 aromatic carbocycles. The van der Waals surface area contributed by atoms with Crippen LogP contribution in [-0.2, 0) is 10.0 Å². The molecule has 0 aliphatic rings. The zero-order valence-corrected chi connectivity index (χ0v) is 16.4. The molecule has 25 heavy (non-hydrogen) atoms. The number of nitrogens with zero attached hydrogens (tertiary/aromatic N) is 2. The fraction of sp³-hybridized carbons (Fsp3) is 0.167. The van der Waals surface area contributed by atoms with E-state index in [1.54, 1.807) is 19.1 Å². The summed E-state index contributed by atoms with van der Waals surface area (Å²) in [5.74, 6) is 0. The maximum absolute atomic E-state index is 12.9. The molecule has 1 heterocycles. The Balaban J connectivity index is 2.01. The van der Waals surface area contributed by atoms with Crippen LogP contribution in [0.1, 0.15) is 17.0 Å². The third kappa shape index (κ3) is 3.61. The van der Waals surface area contributed by atoms with Gasteiger partial charge in [0.05, 0.1) is 21.2 Å². The van der Waals surface area contributed by atoms with E-state index >= 15 is 0 Å². The highest BCUT2D eigenvalue weighted by Crippen LogP contribution is 2.34. The highest BCUT2D eigenvalue weighted by atomic mass is 35.5. The van der Waals surface area contributed by atoms with Crippen molar-refractivity contribution in [1.29, 1.82) is 0 Å². The standard InChI is InChI=1S/C18H17ClN2O2S2/c1-12-4-8-16(9-5-12)24-18-13(2)20-21(14(18)3)25(22,23)17-10-6-15(19)7-11-17/h4-11H,1-3H3. The number of rotatable bonds is 4. The van der Waals surface area contributed by atoms with E-state index in [0.29, 0.717) is 16.4 Å². The van der Waals surface area contributed by atoms with Gasteiger partial charge in [-0.3, -0.25) is 0 Å². The van der Waals surface area contributed by atoms with Gasteiger partial charge in [0.25, 0.3) is 10.0 Å². The average Bonchev–Trinajstić information content (AvgIpc) is 2.86. The lowest BCUT2D eigenvalue weighted by Crippen LogP contribution is -2.16. The normalized spacial score (nSPS) is 11.7. The third-order valence-corrected chi connectivity index (χ3v) is 7.00. The maximum atomic E-state index is 12.9. The van der Waals surface area contributed by atoms with E-state index in [4.69, 9.17) is 11.6 Å². The van der Waals surface area contributed by atoms with Crippen LogP contribution in [0.5, 0.6) is 0 Å². The summed E-state index contributed by atoms with van der Waals surface area (Å²) in [6, 6.07) is 14.2. The number of aryl methyl sites for hydroxylation is 2. The number of hydrogen-bond acceptors (Lipinski definition) is 4. The number of halogens is 1. The number of hydrogen-bond donors (Lipinski definition) is 0. The minimum Gasteiger partial charge on any atom is -0.199 e. The second-order valence-corrected chi connectivity index (χ2v) is 9.00. The van der Waals surface area contributed by atoms with Crippen LogP contribution in [-0.4, -0.2) is 17.6 Å². The molecular formula is C18H17ClN2O2S2. The quantitative estimate of drug-likeness (QED) is 0.636. The molecule has 3 aromatic rings. The van der Waals surface area contributed by atoms with Crippen LogP contribution in [0.4, 0.5) is 0 Å². The van der Waals surface area contributed by atoms with Gasteiger partial charge in [-0.1, -0.05) is 41.1 Å². The molecule has 0 N–H and O–H groups in total. The first-order valence-electron chi connectivity index (χ1n) is 7.61. The Morgan fingerprint density at radius 2 is 1.56 bits per heavy atom. The second kappa shape index (κ2) is 6.86. The molecular weight excluding hydrogens is 376 g/mol. The van der Waals surface area contributed by atoms with E-state index in [9.17, 15) is 8.42 Å². The van der Waals surface area contributed by atoms with Gasteiger partial charge in [0, 0.05) is 9.92 Å². The van der Waals surface area contributed by atoms with Crippen molar-refractivity contribution in [2.45, 2.75) is 35.5 Å². The van der Waals surface area contributed by atoms with Crippen molar-refractivity contribution in [3.8, 4) is 0 Å². The van der Waals surface area contributed by atoms with E-state index < -0.39 is 10.0 Å². The fourth-order valence-electron chi connectivity index (χ4n) is 2.42. The first kappa shape index (κ1) is 18.0. The molecule has 4 nitrogen and oxygen atoms in total. The minimum absolute atomic E-state index is 0.161. The Morgan fingerprint density at radius 1 is 0.960 bits per heavy atom. The molecule has 0 saturated heterocycles. The largest absolute Gasteiger partial charge is 0.283 e. The molecule has 0 radical (unpaired) electrons. The molecule has 130 valence electrons. The molecule has 0 aliphatic carbocycles. The van der Waals surface area contributed by atoms with E-state index in [1.807, 2.05) is 38.1 Å². The predicted molar refractivity (Wildman–Crippen MR) is 101 cm³/mol. The van der Waals surface area contributed by atoms with Crippen molar-refractivity contribution in [1.82, 2.24) is 9.19 Å². The first-order valence-corrected chi connectivity index (χ1v) is 10.2. The van der Waals surface area contributed by atoms with Gasteiger partial charge in [0.1, 0.15) is 0 Å². The van der Waals surface area contributed by atoms with Crippen LogP contribution in [0.3, 0.4) is 0 Å². The lowest BCUT2D eigenvalue weighted by molar-refractivity contribution is 0.577. The van der Waals surface area contributed by atoms with Crippen molar-refractivity contribution in [3.05, 3.63) is 70.5 Å². The summed E-state index contributed by atoms with van der Waals surface area (Å²) < 4.78 is 26.9. The summed E-state index contributed by atoms with van der Waals surface area (Å²) >= 11 is 7.36. The number of aromatic nitrogens is 2. The zero-order valence-electron chi connectivity index (χ0n) is 14.0. The molecule has 0 unspecified atom stereocenters. The smallest absolute Gasteiger partial charge is 0.199 e. The summed E-state index contributed by atoms with van der Waals surface area (Å²) in [7, 11) is -3.75. The van der Waals surface area contributed by atoms with Crippen molar-refractivity contribution >= 4 is 33.4 Å². The van der Waals surface area contributed by atoms with Crippen molar-refractivity contribution < 1.29 is 8.42 Å². The number of benzene rings is 2. The highest BCUT2D eigenvalue weighted by molar-refractivity contribution is 7.99. The van der Waals surface area contributed by atoms with E-state index in [2.05, 4.69) is 5.10 Å². The Bertz CT molecular complexity index is 1010. The van der Waals surface area contributed by atoms with Crippen LogP contribution in [0.15, 0.2) is 63.2 Å². The van der Waals surface area contributed by atoms with Gasteiger partial charge in [0.15, 0.2) is 0 Å². The van der Waals surface area contributed by atoms with Gasteiger partial charge in [-0.2, -0.15) is 17.6 Å². The molecule has 7 heteroatoms. The van der Waals surface area contributed by atoms with Crippen LogP contribution >= 0.6 is 23.4 Å². The predicted octanol–water partition coefficient (Wildman–Crippen LogP) is 4.85. The van der Waals surface area contributed by atoms with Gasteiger partial charge in [-0.25, -0.2) is 0 Å². The first-order chi connectivity index (χ1) is 11.8. The van der Waals surface area contributed by atoms with Crippen molar-refractivity contribution in [2.24, 2.45) is 0 Å². The van der Waals surface area contributed by atoms with Gasteiger partial charge in [0.2, 0.25) is 0 Å². The third-order valence-electron chi connectivity index (χ3n) is 3.77. The highest BCUT2D eigenvalue weighted by Gasteiger charge is 2.24. The molecule has 0 amide bonds. The molecule has 0 bridgehead atoms. The van der Waals surface area contributed by atoms with E-state index in [1.165, 1.54) is 29.5 Å². The summed E-state index contributed by atoms with van der Waals surface area (Å²) in [6.07, 6.45) is 0. The molecule has 0 spiro atoms. The molecule has 3 rings (SSSR count). The Hall–Kier alpha value is -1.76. The summed E-state index contributed by atoms with van der Waals surface area (Å²) in [4.78, 5) is 2.05. The molecule has 0 aliphatic heterocycles. The van der Waals surface area contributed by atoms with E-state index in [-0.39, 0.29) is 4.90 Å². The van der Waals surface area contributed by atoms with E-state index in [0.717, 1.165) is 13.9 Å². The second-order valence-electron chi connectivity index (χ2n) is 5.72. The SMILES string of the molecule is Cc1ccc(Sc2c(C)nn(S(=O)(=O)c3ccc(Cl)cc3)c2C)cc1. The summed E-state index contributed by atoms with van der Waals surface area (Å²) in [6.45, 7) is 5.61. The van der Waals surface area contributed by atoms with Gasteiger partial charge in [-0.05, 0) is 57.2 Å². The molecule has 0 saturated carbocycles. The van der Waals surface area contributed by atoms with Gasteiger partial charge < -0.3 is 0 Å².